The molecule has 1 N–H and O–H groups in total. The van der Waals surface area contributed by atoms with E-state index in [9.17, 15) is 4.79 Å². The van der Waals surface area contributed by atoms with Crippen molar-refractivity contribution in [2.75, 3.05) is 39.4 Å². The number of piperidine rings is 1. The Bertz CT molecular complexity index is 626. The van der Waals surface area contributed by atoms with Crippen LogP contribution in [0.5, 0.6) is 0 Å². The van der Waals surface area contributed by atoms with Crippen LogP contribution >= 0.6 is 11.6 Å². The first-order chi connectivity index (χ1) is 12.1. The van der Waals surface area contributed by atoms with Crippen molar-refractivity contribution in [3.05, 3.63) is 34.9 Å². The fourth-order valence-corrected chi connectivity index (χ4v) is 5.03. The van der Waals surface area contributed by atoms with Crippen LogP contribution in [0.15, 0.2) is 24.3 Å². The topological polar surface area (TPSA) is 41.6 Å². The van der Waals surface area contributed by atoms with Crippen molar-refractivity contribution in [2.24, 2.45) is 5.41 Å². The van der Waals surface area contributed by atoms with Crippen LogP contribution in [0.4, 0.5) is 0 Å². The molecule has 4 nitrogen and oxygen atoms in total. The van der Waals surface area contributed by atoms with Gasteiger partial charge in [-0.3, -0.25) is 4.79 Å². The minimum absolute atomic E-state index is 0.277. The molecule has 136 valence electrons. The van der Waals surface area contributed by atoms with Crippen LogP contribution in [0, 0.1) is 5.41 Å². The van der Waals surface area contributed by atoms with E-state index in [2.05, 4.69) is 16.3 Å². The number of carbonyl (C=O) groups is 1. The predicted octanol–water partition coefficient (Wildman–Crippen LogP) is 2.99. The van der Waals surface area contributed by atoms with E-state index < -0.39 is 5.41 Å². The summed E-state index contributed by atoms with van der Waals surface area (Å²) in [6, 6.07) is 7.86. The molecule has 5 heteroatoms. The summed E-state index contributed by atoms with van der Waals surface area (Å²) < 4.78 is 5.58. The van der Waals surface area contributed by atoms with Gasteiger partial charge in [0.25, 0.3) is 0 Å². The number of nitrogens with zero attached hydrogens (tertiary/aromatic N) is 1. The van der Waals surface area contributed by atoms with Crippen LogP contribution < -0.4 is 5.32 Å². The predicted molar refractivity (Wildman–Crippen MR) is 98.9 cm³/mol. The third-order valence-electron chi connectivity index (χ3n) is 6.58. The maximum absolute atomic E-state index is 13.6. The van der Waals surface area contributed by atoms with Crippen LogP contribution in [0.25, 0.3) is 0 Å². The summed E-state index contributed by atoms with van der Waals surface area (Å²) >= 11 is 6.24. The number of hydrogen-bond donors (Lipinski definition) is 1. The van der Waals surface area contributed by atoms with Gasteiger partial charge in [-0.2, -0.15) is 0 Å². The van der Waals surface area contributed by atoms with Gasteiger partial charge in [0, 0.05) is 37.9 Å². The van der Waals surface area contributed by atoms with E-state index in [0.717, 1.165) is 57.4 Å². The number of ether oxygens (including phenoxy) is 1. The second-order valence-corrected chi connectivity index (χ2v) is 8.36. The number of likely N-dealkylation sites (tertiary alicyclic amines) is 1. The molecule has 3 heterocycles. The Morgan fingerprint density at radius 2 is 1.88 bits per heavy atom. The van der Waals surface area contributed by atoms with Gasteiger partial charge in [-0.15, -0.1) is 0 Å². The molecule has 0 aliphatic carbocycles. The number of hydrogen-bond acceptors (Lipinski definition) is 3. The van der Waals surface area contributed by atoms with E-state index in [0.29, 0.717) is 23.7 Å². The van der Waals surface area contributed by atoms with Crippen molar-refractivity contribution >= 4 is 17.5 Å². The maximum atomic E-state index is 13.6. The molecule has 3 aliphatic heterocycles. The van der Waals surface area contributed by atoms with Crippen molar-refractivity contribution in [3.8, 4) is 0 Å². The molecule has 0 radical (unpaired) electrons. The molecule has 25 heavy (non-hydrogen) atoms. The fourth-order valence-electron chi connectivity index (χ4n) is 4.84. The summed E-state index contributed by atoms with van der Waals surface area (Å²) in [5.41, 5.74) is 1.01. The zero-order chi connectivity index (χ0) is 17.3. The van der Waals surface area contributed by atoms with Crippen molar-refractivity contribution in [1.82, 2.24) is 10.2 Å². The van der Waals surface area contributed by atoms with Crippen LogP contribution in [-0.2, 0) is 14.9 Å². The molecule has 3 aliphatic rings. The summed E-state index contributed by atoms with van der Waals surface area (Å²) in [5, 5.41) is 4.19. The smallest absolute Gasteiger partial charge is 0.233 e. The van der Waals surface area contributed by atoms with Crippen molar-refractivity contribution in [2.45, 2.75) is 37.5 Å². The van der Waals surface area contributed by atoms with Gasteiger partial charge < -0.3 is 15.0 Å². The van der Waals surface area contributed by atoms with Crippen LogP contribution in [-0.4, -0.2) is 50.2 Å². The summed E-state index contributed by atoms with van der Waals surface area (Å²) in [7, 11) is 0. The first-order valence-electron chi connectivity index (χ1n) is 9.48. The summed E-state index contributed by atoms with van der Waals surface area (Å²) in [6.07, 6.45) is 4.98. The number of nitrogens with one attached hydrogen (secondary N) is 1. The number of rotatable bonds is 2. The molecule has 0 atom stereocenters. The molecule has 1 aromatic rings. The second kappa shape index (κ2) is 6.90. The second-order valence-electron chi connectivity index (χ2n) is 7.92. The Morgan fingerprint density at radius 3 is 2.52 bits per heavy atom. The minimum atomic E-state index is -0.471. The van der Waals surface area contributed by atoms with E-state index >= 15 is 0 Å². The van der Waals surface area contributed by atoms with Crippen molar-refractivity contribution < 1.29 is 9.53 Å². The highest BCUT2D eigenvalue weighted by Crippen LogP contribution is 2.41. The average Bonchev–Trinajstić information content (AvgIpc) is 3.10. The van der Waals surface area contributed by atoms with E-state index in [1.54, 1.807) is 0 Å². The highest BCUT2D eigenvalue weighted by Gasteiger charge is 2.46. The standard InChI is InChI=1S/C20H27ClN2O2/c21-17-3-1-2-16(14-17)20(7-12-25-13-8-20)18(24)23-10-5-19(6-11-23)4-9-22-15-19/h1-3,14,22H,4-13,15H2. The van der Waals surface area contributed by atoms with Gasteiger partial charge in [-0.1, -0.05) is 23.7 Å². The summed E-state index contributed by atoms with van der Waals surface area (Å²) in [4.78, 5) is 15.7. The molecular formula is C20H27ClN2O2. The molecular weight excluding hydrogens is 336 g/mol. The van der Waals surface area contributed by atoms with Crippen LogP contribution in [0.3, 0.4) is 0 Å². The quantitative estimate of drug-likeness (QED) is 0.879. The lowest BCUT2D eigenvalue weighted by Crippen LogP contribution is -2.53. The average molecular weight is 363 g/mol. The molecule has 0 bridgehead atoms. The Balaban J connectivity index is 1.56. The highest BCUT2D eigenvalue weighted by molar-refractivity contribution is 6.30. The lowest BCUT2D eigenvalue weighted by Gasteiger charge is -2.44. The fraction of sp³-hybridized carbons (Fsp3) is 0.650. The SMILES string of the molecule is O=C(N1CCC2(CCNC2)CC1)C1(c2cccc(Cl)c2)CCOCC1. The first-order valence-corrected chi connectivity index (χ1v) is 9.85. The zero-order valence-corrected chi connectivity index (χ0v) is 15.5. The maximum Gasteiger partial charge on any atom is 0.233 e. The Kier molecular flexibility index (Phi) is 4.78. The van der Waals surface area contributed by atoms with Gasteiger partial charge in [0.05, 0.1) is 5.41 Å². The Morgan fingerprint density at radius 1 is 1.12 bits per heavy atom. The van der Waals surface area contributed by atoms with Gasteiger partial charge >= 0.3 is 0 Å². The third kappa shape index (κ3) is 3.20. The van der Waals surface area contributed by atoms with Crippen LogP contribution in [0.1, 0.15) is 37.7 Å². The van der Waals surface area contributed by atoms with Crippen LogP contribution in [0.2, 0.25) is 5.02 Å². The van der Waals surface area contributed by atoms with E-state index in [1.807, 2.05) is 18.2 Å². The third-order valence-corrected chi connectivity index (χ3v) is 6.81. The van der Waals surface area contributed by atoms with Crippen molar-refractivity contribution in [1.29, 1.82) is 0 Å². The van der Waals surface area contributed by atoms with Crippen molar-refractivity contribution in [3.63, 3.8) is 0 Å². The lowest BCUT2D eigenvalue weighted by atomic mass is 9.71. The van der Waals surface area contributed by atoms with E-state index in [4.69, 9.17) is 16.3 Å². The first kappa shape index (κ1) is 17.3. The number of carbonyl (C=O) groups excluding carboxylic acids is 1. The van der Waals surface area contributed by atoms with Gasteiger partial charge in [0.15, 0.2) is 0 Å². The van der Waals surface area contributed by atoms with Gasteiger partial charge in [-0.25, -0.2) is 0 Å². The minimum Gasteiger partial charge on any atom is -0.381 e. The molecule has 1 aromatic carbocycles. The zero-order valence-electron chi connectivity index (χ0n) is 14.7. The van der Waals surface area contributed by atoms with E-state index in [1.165, 1.54) is 6.42 Å². The largest absolute Gasteiger partial charge is 0.381 e. The molecule has 0 unspecified atom stereocenters. The number of halogens is 1. The Labute approximate surface area is 154 Å². The number of amides is 1. The molecule has 0 aromatic heterocycles. The summed E-state index contributed by atoms with van der Waals surface area (Å²) in [6.45, 7) is 5.27. The lowest BCUT2D eigenvalue weighted by molar-refractivity contribution is -0.143. The van der Waals surface area contributed by atoms with E-state index in [-0.39, 0.29) is 5.91 Å². The Hall–Kier alpha value is -1.10. The van der Waals surface area contributed by atoms with Gasteiger partial charge in [-0.05, 0) is 61.8 Å². The molecule has 3 saturated heterocycles. The summed E-state index contributed by atoms with van der Waals surface area (Å²) in [5.74, 6) is 0.277. The molecule has 0 saturated carbocycles. The van der Waals surface area contributed by atoms with Gasteiger partial charge in [0.2, 0.25) is 5.91 Å². The normalized spacial score (nSPS) is 25.2. The monoisotopic (exact) mass is 362 g/mol. The molecule has 3 fully saturated rings. The number of benzene rings is 1. The highest BCUT2D eigenvalue weighted by atomic mass is 35.5. The molecule has 1 amide bonds. The van der Waals surface area contributed by atoms with Gasteiger partial charge in [0.1, 0.15) is 0 Å². The molecule has 1 spiro atoms. The molecule has 4 rings (SSSR count).